The van der Waals surface area contributed by atoms with Gasteiger partial charge in [-0.25, -0.2) is 8.78 Å². The molecule has 0 radical (unpaired) electrons. The average molecular weight is 237 g/mol. The van der Waals surface area contributed by atoms with E-state index in [1.165, 1.54) is 12.1 Å². The van der Waals surface area contributed by atoms with Crippen molar-refractivity contribution in [3.63, 3.8) is 0 Å². The Kier molecular flexibility index (Phi) is 3.49. The van der Waals surface area contributed by atoms with E-state index in [9.17, 15) is 8.78 Å². The molecule has 0 aliphatic rings. The lowest BCUT2D eigenvalue weighted by Gasteiger charge is -2.11. The van der Waals surface area contributed by atoms with Crippen LogP contribution in [0.3, 0.4) is 0 Å². The van der Waals surface area contributed by atoms with E-state index in [4.69, 9.17) is 0 Å². The Bertz CT molecular complexity index is 462. The molecule has 0 saturated heterocycles. The number of benzene rings is 1. The fraction of sp³-hybridized carbons (Fsp3) is 0.250. The highest BCUT2D eigenvalue weighted by molar-refractivity contribution is 5.18. The highest BCUT2D eigenvalue weighted by Gasteiger charge is 2.06. The summed E-state index contributed by atoms with van der Waals surface area (Å²) in [5.41, 5.74) is 1.58. The summed E-state index contributed by atoms with van der Waals surface area (Å²) < 4.78 is 25.9. The van der Waals surface area contributed by atoms with Gasteiger partial charge in [0.1, 0.15) is 11.6 Å². The number of aromatic nitrogens is 2. The molecule has 0 fully saturated rings. The van der Waals surface area contributed by atoms with Crippen molar-refractivity contribution in [1.29, 1.82) is 0 Å². The molecule has 3 nitrogen and oxygen atoms in total. The fourth-order valence-corrected chi connectivity index (χ4v) is 1.60. The molecular formula is C12H13F2N3. The van der Waals surface area contributed by atoms with E-state index in [1.54, 1.807) is 12.4 Å². The number of rotatable bonds is 4. The van der Waals surface area contributed by atoms with Crippen LogP contribution in [-0.2, 0) is 6.54 Å². The van der Waals surface area contributed by atoms with Gasteiger partial charge in [-0.1, -0.05) is 0 Å². The van der Waals surface area contributed by atoms with Crippen LogP contribution in [0.1, 0.15) is 24.1 Å². The minimum Gasteiger partial charge on any atom is -0.306 e. The third-order valence-corrected chi connectivity index (χ3v) is 2.55. The Morgan fingerprint density at radius 1 is 1.29 bits per heavy atom. The summed E-state index contributed by atoms with van der Waals surface area (Å²) in [4.78, 5) is 0. The third-order valence-electron chi connectivity index (χ3n) is 2.55. The van der Waals surface area contributed by atoms with Gasteiger partial charge in [-0.2, -0.15) is 5.10 Å². The van der Waals surface area contributed by atoms with Gasteiger partial charge in [0.05, 0.1) is 6.20 Å². The number of aromatic amines is 1. The van der Waals surface area contributed by atoms with Gasteiger partial charge in [0.2, 0.25) is 0 Å². The van der Waals surface area contributed by atoms with Crippen molar-refractivity contribution in [1.82, 2.24) is 15.5 Å². The van der Waals surface area contributed by atoms with Crippen molar-refractivity contribution in [2.24, 2.45) is 0 Å². The highest BCUT2D eigenvalue weighted by atomic mass is 19.1. The molecule has 0 spiro atoms. The highest BCUT2D eigenvalue weighted by Crippen LogP contribution is 2.12. The lowest BCUT2D eigenvalue weighted by molar-refractivity contribution is 0.554. The molecule has 1 atom stereocenters. The molecule has 1 aromatic heterocycles. The molecule has 0 amide bonds. The molecule has 2 aromatic rings. The third kappa shape index (κ3) is 3.10. The molecule has 0 saturated carbocycles. The first kappa shape index (κ1) is 11.7. The number of nitrogens with zero attached hydrogens (tertiary/aromatic N) is 1. The Labute approximate surface area is 97.9 Å². The fourth-order valence-electron chi connectivity index (χ4n) is 1.60. The number of halogens is 2. The predicted molar refractivity (Wildman–Crippen MR) is 60.2 cm³/mol. The lowest BCUT2D eigenvalue weighted by atomic mass is 10.1. The van der Waals surface area contributed by atoms with Gasteiger partial charge >= 0.3 is 0 Å². The van der Waals surface area contributed by atoms with Crippen LogP contribution in [0.15, 0.2) is 30.6 Å². The second-order valence-electron chi connectivity index (χ2n) is 3.91. The van der Waals surface area contributed by atoms with Crippen molar-refractivity contribution in [3.8, 4) is 0 Å². The number of hydrogen-bond donors (Lipinski definition) is 2. The van der Waals surface area contributed by atoms with Crippen molar-refractivity contribution < 1.29 is 8.78 Å². The average Bonchev–Trinajstić information content (AvgIpc) is 2.78. The SMILES string of the molecule is CC(NCc1cc(F)cc(F)c1)c1cn[nH]c1. The zero-order valence-electron chi connectivity index (χ0n) is 9.37. The van der Waals surface area contributed by atoms with Gasteiger partial charge in [-0.15, -0.1) is 0 Å². The van der Waals surface area contributed by atoms with Crippen LogP contribution in [-0.4, -0.2) is 10.2 Å². The molecule has 1 aromatic carbocycles. The molecule has 5 heteroatoms. The molecule has 0 bridgehead atoms. The Morgan fingerprint density at radius 3 is 2.59 bits per heavy atom. The Balaban J connectivity index is 1.98. The molecule has 17 heavy (non-hydrogen) atoms. The topological polar surface area (TPSA) is 40.7 Å². The monoisotopic (exact) mass is 237 g/mol. The summed E-state index contributed by atoms with van der Waals surface area (Å²) in [5.74, 6) is -1.12. The van der Waals surface area contributed by atoms with Crippen molar-refractivity contribution in [2.75, 3.05) is 0 Å². The largest absolute Gasteiger partial charge is 0.306 e. The molecule has 1 heterocycles. The summed E-state index contributed by atoms with van der Waals surface area (Å²) in [5, 5.41) is 9.72. The van der Waals surface area contributed by atoms with Gasteiger partial charge < -0.3 is 5.32 Å². The maximum Gasteiger partial charge on any atom is 0.126 e. The summed E-state index contributed by atoms with van der Waals surface area (Å²) in [7, 11) is 0. The van der Waals surface area contributed by atoms with Crippen LogP contribution in [0.4, 0.5) is 8.78 Å². The molecule has 2 rings (SSSR count). The minimum absolute atomic E-state index is 0.0695. The van der Waals surface area contributed by atoms with Gasteiger partial charge in [0.25, 0.3) is 0 Å². The lowest BCUT2D eigenvalue weighted by Crippen LogP contribution is -2.17. The van der Waals surface area contributed by atoms with Crippen LogP contribution in [0, 0.1) is 11.6 Å². The summed E-state index contributed by atoms with van der Waals surface area (Å²) in [6, 6.07) is 3.57. The van der Waals surface area contributed by atoms with E-state index in [0.717, 1.165) is 11.6 Å². The van der Waals surface area contributed by atoms with Crippen molar-refractivity contribution in [2.45, 2.75) is 19.5 Å². The first-order valence-corrected chi connectivity index (χ1v) is 5.32. The Hall–Kier alpha value is -1.75. The molecule has 90 valence electrons. The number of hydrogen-bond acceptors (Lipinski definition) is 2. The number of nitrogens with one attached hydrogen (secondary N) is 2. The molecule has 2 N–H and O–H groups in total. The molecular weight excluding hydrogens is 224 g/mol. The van der Waals surface area contributed by atoms with E-state index in [-0.39, 0.29) is 6.04 Å². The van der Waals surface area contributed by atoms with Gasteiger partial charge in [-0.05, 0) is 24.6 Å². The first-order valence-electron chi connectivity index (χ1n) is 5.32. The number of H-pyrrole nitrogens is 1. The van der Waals surface area contributed by atoms with E-state index in [2.05, 4.69) is 15.5 Å². The van der Waals surface area contributed by atoms with Crippen LogP contribution >= 0.6 is 0 Å². The maximum absolute atomic E-state index is 12.9. The second-order valence-corrected chi connectivity index (χ2v) is 3.91. The van der Waals surface area contributed by atoms with Gasteiger partial charge in [-0.3, -0.25) is 5.10 Å². The van der Waals surface area contributed by atoms with Crippen LogP contribution in [0.25, 0.3) is 0 Å². The summed E-state index contributed by atoms with van der Waals surface area (Å²) >= 11 is 0. The van der Waals surface area contributed by atoms with E-state index in [1.807, 2.05) is 6.92 Å². The molecule has 0 aliphatic carbocycles. The Morgan fingerprint density at radius 2 is 2.00 bits per heavy atom. The normalized spacial score (nSPS) is 12.6. The molecule has 1 unspecified atom stereocenters. The van der Waals surface area contributed by atoms with Crippen LogP contribution in [0.2, 0.25) is 0 Å². The smallest absolute Gasteiger partial charge is 0.126 e. The van der Waals surface area contributed by atoms with Crippen LogP contribution < -0.4 is 5.32 Å². The minimum atomic E-state index is -0.558. The van der Waals surface area contributed by atoms with Gasteiger partial charge in [0, 0.05) is 30.4 Å². The first-order chi connectivity index (χ1) is 8.15. The standard InChI is InChI=1S/C12H13F2N3/c1-8(10-6-16-17-7-10)15-5-9-2-11(13)4-12(14)3-9/h2-4,6-8,15H,5H2,1H3,(H,16,17). The zero-order valence-corrected chi connectivity index (χ0v) is 9.37. The van der Waals surface area contributed by atoms with Crippen molar-refractivity contribution in [3.05, 3.63) is 53.4 Å². The second kappa shape index (κ2) is 5.05. The maximum atomic E-state index is 12.9. The van der Waals surface area contributed by atoms with Crippen LogP contribution in [0.5, 0.6) is 0 Å². The summed E-state index contributed by atoms with van der Waals surface area (Å²) in [6.45, 7) is 2.36. The zero-order chi connectivity index (χ0) is 12.3. The predicted octanol–water partition coefficient (Wildman–Crippen LogP) is 2.54. The van der Waals surface area contributed by atoms with E-state index in [0.29, 0.717) is 12.1 Å². The quantitative estimate of drug-likeness (QED) is 0.857. The van der Waals surface area contributed by atoms with Gasteiger partial charge in [0.15, 0.2) is 0 Å². The van der Waals surface area contributed by atoms with E-state index >= 15 is 0 Å². The van der Waals surface area contributed by atoms with E-state index < -0.39 is 11.6 Å². The van der Waals surface area contributed by atoms with Crippen molar-refractivity contribution >= 4 is 0 Å². The summed E-state index contributed by atoms with van der Waals surface area (Å²) in [6.07, 6.45) is 3.49. The molecule has 0 aliphatic heterocycles.